The quantitative estimate of drug-likeness (QED) is 0.791. The third kappa shape index (κ3) is 3.30. The molecule has 90 valence electrons. The largest absolute Gasteiger partial charge is 0.481 e. The maximum atomic E-state index is 11.2. The molecule has 1 heterocycles. The summed E-state index contributed by atoms with van der Waals surface area (Å²) in [6.45, 7) is 1.43. The zero-order valence-corrected chi connectivity index (χ0v) is 9.69. The molecule has 0 aliphatic heterocycles. The van der Waals surface area contributed by atoms with Crippen LogP contribution in [0, 0.1) is 0 Å². The average molecular weight is 248 g/mol. The van der Waals surface area contributed by atoms with Gasteiger partial charge in [0.2, 0.25) is 11.8 Å². The van der Waals surface area contributed by atoms with Crippen molar-refractivity contribution in [2.75, 3.05) is 6.26 Å². The normalized spacial score (nSPS) is 13.6. The molecule has 0 saturated carbocycles. The fourth-order valence-corrected chi connectivity index (χ4v) is 1.39. The first-order valence-corrected chi connectivity index (χ1v) is 6.49. The zero-order chi connectivity index (χ0) is 12.3. The molecule has 1 rings (SSSR count). The molecular formula is C8H12N2O5S. The highest BCUT2D eigenvalue weighted by atomic mass is 32.2. The third-order valence-corrected chi connectivity index (χ3v) is 3.51. The molecule has 7 nitrogen and oxygen atoms in total. The van der Waals surface area contributed by atoms with Gasteiger partial charge in [-0.2, -0.15) is 0 Å². The Balaban J connectivity index is 2.75. The summed E-state index contributed by atoms with van der Waals surface area (Å²) in [5, 5.41) is 14.7. The molecule has 0 aliphatic carbocycles. The molecule has 0 aliphatic rings. The molecule has 0 bridgehead atoms. The van der Waals surface area contributed by atoms with Crippen molar-refractivity contribution in [1.29, 1.82) is 0 Å². The van der Waals surface area contributed by atoms with Crippen LogP contribution in [0.15, 0.2) is 4.42 Å². The van der Waals surface area contributed by atoms with E-state index in [4.69, 9.17) is 9.52 Å². The Kier molecular flexibility index (Phi) is 3.63. The summed E-state index contributed by atoms with van der Waals surface area (Å²) in [7, 11) is -3.29. The maximum Gasteiger partial charge on any atom is 0.303 e. The van der Waals surface area contributed by atoms with Crippen molar-refractivity contribution in [1.82, 2.24) is 10.2 Å². The molecule has 0 amide bonds. The standard InChI is InChI=1S/C8H12N2O5S/c1-5(16(2,13)14)8-10-9-6(15-8)3-4-7(11)12/h5H,3-4H2,1-2H3,(H,11,12). The third-order valence-electron chi connectivity index (χ3n) is 2.03. The van der Waals surface area contributed by atoms with Gasteiger partial charge in [0, 0.05) is 12.7 Å². The van der Waals surface area contributed by atoms with Gasteiger partial charge < -0.3 is 9.52 Å². The van der Waals surface area contributed by atoms with Crippen LogP contribution in [-0.4, -0.2) is 35.9 Å². The second-order valence-electron chi connectivity index (χ2n) is 3.40. The number of aromatic nitrogens is 2. The van der Waals surface area contributed by atoms with E-state index in [2.05, 4.69) is 10.2 Å². The van der Waals surface area contributed by atoms with E-state index >= 15 is 0 Å². The van der Waals surface area contributed by atoms with Gasteiger partial charge >= 0.3 is 5.97 Å². The first-order chi connectivity index (χ1) is 7.30. The summed E-state index contributed by atoms with van der Waals surface area (Å²) < 4.78 is 27.4. The van der Waals surface area contributed by atoms with Gasteiger partial charge in [0.25, 0.3) is 0 Å². The van der Waals surface area contributed by atoms with Crippen LogP contribution in [0.5, 0.6) is 0 Å². The number of nitrogens with zero attached hydrogens (tertiary/aromatic N) is 2. The Hall–Kier alpha value is -1.44. The van der Waals surface area contributed by atoms with Crippen LogP contribution in [0.3, 0.4) is 0 Å². The molecule has 1 unspecified atom stereocenters. The first-order valence-electron chi connectivity index (χ1n) is 4.53. The van der Waals surface area contributed by atoms with Crippen LogP contribution >= 0.6 is 0 Å². The monoisotopic (exact) mass is 248 g/mol. The molecule has 0 fully saturated rings. The van der Waals surface area contributed by atoms with Crippen LogP contribution < -0.4 is 0 Å². The summed E-state index contributed by atoms with van der Waals surface area (Å²) in [5.74, 6) is -0.855. The number of aliphatic carboxylic acids is 1. The molecule has 1 atom stereocenters. The molecule has 8 heteroatoms. The van der Waals surface area contributed by atoms with E-state index in [1.807, 2.05) is 0 Å². The smallest absolute Gasteiger partial charge is 0.303 e. The Morgan fingerprint density at radius 1 is 1.50 bits per heavy atom. The van der Waals surface area contributed by atoms with E-state index in [9.17, 15) is 13.2 Å². The SMILES string of the molecule is CC(c1nnc(CCC(=O)O)o1)S(C)(=O)=O. The topological polar surface area (TPSA) is 110 Å². The van der Waals surface area contributed by atoms with Gasteiger partial charge in [0.05, 0.1) is 6.42 Å². The second kappa shape index (κ2) is 4.60. The molecule has 1 N–H and O–H groups in total. The maximum absolute atomic E-state index is 11.2. The number of carboxylic acid groups (broad SMARTS) is 1. The second-order valence-corrected chi connectivity index (χ2v) is 5.77. The van der Waals surface area contributed by atoms with Crippen LogP contribution in [-0.2, 0) is 21.1 Å². The fourth-order valence-electron chi connectivity index (χ4n) is 0.929. The first kappa shape index (κ1) is 12.6. The lowest BCUT2D eigenvalue weighted by Crippen LogP contribution is -2.07. The number of carboxylic acids is 1. The van der Waals surface area contributed by atoms with Crippen molar-refractivity contribution in [2.45, 2.75) is 25.0 Å². The summed E-state index contributed by atoms with van der Waals surface area (Å²) >= 11 is 0. The molecule has 0 aromatic carbocycles. The molecule has 16 heavy (non-hydrogen) atoms. The van der Waals surface area contributed by atoms with Crippen LogP contribution in [0.1, 0.15) is 30.4 Å². The number of carbonyl (C=O) groups is 1. The molecule has 0 saturated heterocycles. The number of sulfone groups is 1. The Labute approximate surface area is 92.4 Å². The van der Waals surface area contributed by atoms with E-state index in [1.165, 1.54) is 6.92 Å². The van der Waals surface area contributed by atoms with Gasteiger partial charge in [0.15, 0.2) is 9.84 Å². The van der Waals surface area contributed by atoms with Crippen molar-refractivity contribution in [3.63, 3.8) is 0 Å². The highest BCUT2D eigenvalue weighted by Gasteiger charge is 2.23. The fraction of sp³-hybridized carbons (Fsp3) is 0.625. The van der Waals surface area contributed by atoms with Gasteiger partial charge in [-0.25, -0.2) is 8.42 Å². The predicted octanol–water partition coefficient (Wildman–Crippen LogP) is 0.192. The van der Waals surface area contributed by atoms with Crippen molar-refractivity contribution < 1.29 is 22.7 Å². The predicted molar refractivity (Wildman–Crippen MR) is 53.5 cm³/mol. The molecule has 0 radical (unpaired) electrons. The minimum Gasteiger partial charge on any atom is -0.481 e. The molecular weight excluding hydrogens is 236 g/mol. The Morgan fingerprint density at radius 3 is 2.62 bits per heavy atom. The van der Waals surface area contributed by atoms with Crippen molar-refractivity contribution >= 4 is 15.8 Å². The van der Waals surface area contributed by atoms with Gasteiger partial charge in [-0.15, -0.1) is 10.2 Å². The van der Waals surface area contributed by atoms with Gasteiger partial charge in [-0.3, -0.25) is 4.79 Å². The van der Waals surface area contributed by atoms with Crippen LogP contribution in [0.25, 0.3) is 0 Å². The average Bonchev–Trinajstić information content (AvgIpc) is 2.60. The minimum absolute atomic E-state index is 0.0112. The molecule has 0 spiro atoms. The number of rotatable bonds is 5. The molecule has 1 aromatic heterocycles. The summed E-state index contributed by atoms with van der Waals surface area (Å²) in [6.07, 6.45) is 1.03. The van der Waals surface area contributed by atoms with Crippen molar-refractivity contribution in [2.24, 2.45) is 0 Å². The minimum atomic E-state index is -3.29. The van der Waals surface area contributed by atoms with Gasteiger partial charge in [0.1, 0.15) is 5.25 Å². The molecule has 1 aromatic rings. The lowest BCUT2D eigenvalue weighted by molar-refractivity contribution is -0.137. The lowest BCUT2D eigenvalue weighted by Gasteiger charge is -2.01. The van der Waals surface area contributed by atoms with Crippen molar-refractivity contribution in [3.05, 3.63) is 11.8 Å². The highest BCUT2D eigenvalue weighted by molar-refractivity contribution is 7.90. The summed E-state index contributed by atoms with van der Waals surface area (Å²) in [5.41, 5.74) is 0. The van der Waals surface area contributed by atoms with Gasteiger partial charge in [-0.05, 0) is 6.92 Å². The van der Waals surface area contributed by atoms with Crippen LogP contribution in [0.2, 0.25) is 0 Å². The Morgan fingerprint density at radius 2 is 2.12 bits per heavy atom. The van der Waals surface area contributed by atoms with Crippen molar-refractivity contribution in [3.8, 4) is 0 Å². The van der Waals surface area contributed by atoms with E-state index in [0.717, 1.165) is 6.26 Å². The Bertz CT molecular complexity index is 478. The van der Waals surface area contributed by atoms with E-state index in [-0.39, 0.29) is 24.6 Å². The van der Waals surface area contributed by atoms with E-state index in [0.29, 0.717) is 0 Å². The summed E-state index contributed by atoms with van der Waals surface area (Å²) in [4.78, 5) is 10.3. The van der Waals surface area contributed by atoms with E-state index in [1.54, 1.807) is 0 Å². The summed E-state index contributed by atoms with van der Waals surface area (Å²) in [6, 6.07) is 0. The van der Waals surface area contributed by atoms with E-state index < -0.39 is 21.1 Å². The van der Waals surface area contributed by atoms with Crippen LogP contribution in [0.4, 0.5) is 0 Å². The number of aryl methyl sites for hydroxylation is 1. The van der Waals surface area contributed by atoms with Gasteiger partial charge in [-0.1, -0.05) is 0 Å². The number of hydrogen-bond donors (Lipinski definition) is 1. The lowest BCUT2D eigenvalue weighted by atomic mass is 10.3. The number of hydrogen-bond acceptors (Lipinski definition) is 6. The highest BCUT2D eigenvalue weighted by Crippen LogP contribution is 2.19. The zero-order valence-electron chi connectivity index (χ0n) is 8.87.